The van der Waals surface area contributed by atoms with Crippen LogP contribution in [0.5, 0.6) is 0 Å². The van der Waals surface area contributed by atoms with Gasteiger partial charge in [-0.3, -0.25) is 9.59 Å². The lowest BCUT2D eigenvalue weighted by atomic mass is 10.0. The van der Waals surface area contributed by atoms with Crippen LogP contribution in [0.1, 0.15) is 13.8 Å². The van der Waals surface area contributed by atoms with Crippen LogP contribution in [-0.4, -0.2) is 37.7 Å². The van der Waals surface area contributed by atoms with Crippen molar-refractivity contribution >= 4 is 23.5 Å². The second kappa shape index (κ2) is 5.79. The summed E-state index contributed by atoms with van der Waals surface area (Å²) < 4.78 is 8.64. The first-order chi connectivity index (χ1) is 7.36. The van der Waals surface area contributed by atoms with E-state index in [2.05, 4.69) is 9.47 Å². The van der Waals surface area contributed by atoms with Gasteiger partial charge in [0.1, 0.15) is 11.1 Å². The summed E-state index contributed by atoms with van der Waals surface area (Å²) in [6.07, 6.45) is 0. The fourth-order valence-electron chi connectivity index (χ4n) is 1.05. The smallest absolute Gasteiger partial charge is 0.342 e. The zero-order chi connectivity index (χ0) is 12.9. The Hall–Kier alpha value is -1.98. The molecule has 0 aromatic carbocycles. The lowest BCUT2D eigenvalue weighted by Crippen LogP contribution is -2.23. The minimum atomic E-state index is -1.04. The zero-order valence-corrected chi connectivity index (χ0v) is 9.45. The lowest BCUT2D eigenvalue weighted by molar-refractivity contribution is -0.142. The van der Waals surface area contributed by atoms with Crippen LogP contribution in [-0.2, 0) is 28.7 Å². The molecule has 0 rings (SSSR count). The van der Waals surface area contributed by atoms with Gasteiger partial charge in [-0.25, -0.2) is 9.59 Å². The van der Waals surface area contributed by atoms with Gasteiger partial charge in [-0.2, -0.15) is 0 Å². The number of Topliss-reactive ketones (excluding diaryl/α,β-unsaturated/α-hetero) is 2. The van der Waals surface area contributed by atoms with Crippen LogP contribution in [0.4, 0.5) is 0 Å². The van der Waals surface area contributed by atoms with Crippen LogP contribution < -0.4 is 0 Å². The molecule has 0 atom stereocenters. The number of ketones is 2. The van der Waals surface area contributed by atoms with E-state index in [9.17, 15) is 19.2 Å². The average molecular weight is 228 g/mol. The first kappa shape index (κ1) is 14.0. The number of hydrogen-bond acceptors (Lipinski definition) is 6. The number of hydrogen-bond donors (Lipinski definition) is 0. The van der Waals surface area contributed by atoms with Crippen LogP contribution >= 0.6 is 0 Å². The highest BCUT2D eigenvalue weighted by Gasteiger charge is 2.28. The molecule has 16 heavy (non-hydrogen) atoms. The molecule has 0 N–H and O–H groups in total. The Balaban J connectivity index is 5.83. The van der Waals surface area contributed by atoms with Crippen molar-refractivity contribution in [3.63, 3.8) is 0 Å². The number of carbonyl (C=O) groups is 4. The van der Waals surface area contributed by atoms with Gasteiger partial charge in [0.2, 0.25) is 0 Å². The summed E-state index contributed by atoms with van der Waals surface area (Å²) in [7, 11) is 2.08. The Kier molecular flexibility index (Phi) is 5.08. The Morgan fingerprint density at radius 3 is 1.06 bits per heavy atom. The van der Waals surface area contributed by atoms with Gasteiger partial charge in [0.05, 0.1) is 14.2 Å². The highest BCUT2D eigenvalue weighted by atomic mass is 16.5. The van der Waals surface area contributed by atoms with Gasteiger partial charge in [-0.05, 0) is 13.8 Å². The Bertz CT molecular complexity index is 341. The van der Waals surface area contributed by atoms with E-state index in [1.165, 1.54) is 0 Å². The highest BCUT2D eigenvalue weighted by molar-refractivity contribution is 6.29. The van der Waals surface area contributed by atoms with E-state index in [0.717, 1.165) is 28.1 Å². The molecule has 0 saturated carbocycles. The molecule has 0 aromatic heterocycles. The molecule has 0 amide bonds. The Morgan fingerprint density at radius 2 is 0.938 bits per heavy atom. The van der Waals surface area contributed by atoms with E-state index < -0.39 is 34.7 Å². The maximum Gasteiger partial charge on any atom is 0.342 e. The second-order valence-electron chi connectivity index (χ2n) is 2.85. The van der Waals surface area contributed by atoms with Crippen molar-refractivity contribution in [2.45, 2.75) is 13.8 Å². The van der Waals surface area contributed by atoms with Crippen molar-refractivity contribution in [3.05, 3.63) is 11.1 Å². The molecule has 0 spiro atoms. The third kappa shape index (κ3) is 3.01. The van der Waals surface area contributed by atoms with Gasteiger partial charge < -0.3 is 9.47 Å². The molecule has 0 aliphatic heterocycles. The van der Waals surface area contributed by atoms with Crippen molar-refractivity contribution < 1.29 is 28.7 Å². The zero-order valence-electron chi connectivity index (χ0n) is 9.45. The standard InChI is InChI=1S/C10H12O6/c1-5(11)7(9(13)15-3)8(6(2)12)10(14)16-4/h1-4H3/b8-7+. The van der Waals surface area contributed by atoms with Gasteiger partial charge in [-0.15, -0.1) is 0 Å². The molecule has 0 bridgehead atoms. The van der Waals surface area contributed by atoms with Crippen LogP contribution in [0.2, 0.25) is 0 Å². The van der Waals surface area contributed by atoms with Crippen LogP contribution in [0.15, 0.2) is 11.1 Å². The van der Waals surface area contributed by atoms with E-state index in [1.54, 1.807) is 0 Å². The minimum absolute atomic E-state index is 0.596. The molecule has 0 radical (unpaired) electrons. The van der Waals surface area contributed by atoms with Crippen molar-refractivity contribution in [2.24, 2.45) is 0 Å². The molecule has 0 saturated heterocycles. The second-order valence-corrected chi connectivity index (χ2v) is 2.85. The van der Waals surface area contributed by atoms with Gasteiger partial charge in [0, 0.05) is 0 Å². The summed E-state index contributed by atoms with van der Waals surface area (Å²) in [5.74, 6) is -3.55. The molecule has 6 heteroatoms. The first-order valence-electron chi connectivity index (χ1n) is 4.29. The number of carbonyl (C=O) groups excluding carboxylic acids is 4. The van der Waals surface area contributed by atoms with E-state index in [1.807, 2.05) is 0 Å². The fraction of sp³-hybridized carbons (Fsp3) is 0.400. The van der Waals surface area contributed by atoms with Gasteiger partial charge >= 0.3 is 11.9 Å². The van der Waals surface area contributed by atoms with Gasteiger partial charge in [-0.1, -0.05) is 0 Å². The van der Waals surface area contributed by atoms with Crippen LogP contribution in [0, 0.1) is 0 Å². The number of ether oxygens (including phenoxy) is 2. The normalized spacial score (nSPS) is 11.2. The maximum atomic E-state index is 11.3. The quantitative estimate of drug-likeness (QED) is 0.287. The van der Waals surface area contributed by atoms with E-state index in [-0.39, 0.29) is 0 Å². The topological polar surface area (TPSA) is 86.7 Å². The van der Waals surface area contributed by atoms with E-state index in [0.29, 0.717) is 0 Å². The molecule has 0 aliphatic rings. The summed E-state index contributed by atoms with van der Waals surface area (Å²) in [6.45, 7) is 2.11. The number of esters is 2. The lowest BCUT2D eigenvalue weighted by Gasteiger charge is -2.07. The molecule has 6 nitrogen and oxygen atoms in total. The summed E-state index contributed by atoms with van der Waals surface area (Å²) in [4.78, 5) is 44.9. The monoisotopic (exact) mass is 228 g/mol. The van der Waals surface area contributed by atoms with Gasteiger partial charge in [0.15, 0.2) is 11.6 Å². The minimum Gasteiger partial charge on any atom is -0.465 e. The third-order valence-electron chi connectivity index (χ3n) is 1.73. The van der Waals surface area contributed by atoms with E-state index >= 15 is 0 Å². The Morgan fingerprint density at radius 1 is 0.688 bits per heavy atom. The summed E-state index contributed by atoms with van der Waals surface area (Å²) >= 11 is 0. The predicted octanol–water partition coefficient (Wildman–Crippen LogP) is -0.193. The van der Waals surface area contributed by atoms with Crippen LogP contribution in [0.3, 0.4) is 0 Å². The largest absolute Gasteiger partial charge is 0.465 e. The molecule has 0 aromatic rings. The summed E-state index contributed by atoms with van der Waals surface area (Å²) in [6, 6.07) is 0. The van der Waals surface area contributed by atoms with Crippen molar-refractivity contribution in [1.82, 2.24) is 0 Å². The van der Waals surface area contributed by atoms with Crippen molar-refractivity contribution in [3.8, 4) is 0 Å². The van der Waals surface area contributed by atoms with Gasteiger partial charge in [0.25, 0.3) is 0 Å². The van der Waals surface area contributed by atoms with Crippen molar-refractivity contribution in [2.75, 3.05) is 14.2 Å². The summed E-state index contributed by atoms with van der Waals surface area (Å²) in [5.41, 5.74) is -1.19. The molecular weight excluding hydrogens is 216 g/mol. The molecular formula is C10H12O6. The molecule has 0 heterocycles. The number of rotatable bonds is 4. The predicted molar refractivity (Wildman–Crippen MR) is 52.4 cm³/mol. The summed E-state index contributed by atoms with van der Waals surface area (Å²) in [5, 5.41) is 0. The number of methoxy groups -OCH3 is 2. The maximum absolute atomic E-state index is 11.3. The van der Waals surface area contributed by atoms with Crippen LogP contribution in [0.25, 0.3) is 0 Å². The first-order valence-corrected chi connectivity index (χ1v) is 4.29. The highest BCUT2D eigenvalue weighted by Crippen LogP contribution is 2.11. The Labute approximate surface area is 92.2 Å². The molecule has 0 aliphatic carbocycles. The molecule has 88 valence electrons. The fourth-order valence-corrected chi connectivity index (χ4v) is 1.05. The van der Waals surface area contributed by atoms with E-state index in [4.69, 9.17) is 0 Å². The third-order valence-corrected chi connectivity index (χ3v) is 1.73. The molecule has 0 unspecified atom stereocenters. The van der Waals surface area contributed by atoms with Crippen molar-refractivity contribution in [1.29, 1.82) is 0 Å². The average Bonchev–Trinajstić information content (AvgIpc) is 2.22. The SMILES string of the molecule is COC(=O)/C(C(C)=O)=C(\C(C)=O)C(=O)OC. The molecule has 0 fully saturated rings.